The lowest BCUT2D eigenvalue weighted by atomic mass is 10.1. The maximum Gasteiger partial charge on any atom is 0.223 e. The molecule has 0 bridgehead atoms. The van der Waals surface area contributed by atoms with Crippen LogP contribution in [-0.4, -0.2) is 42.1 Å². The van der Waals surface area contributed by atoms with Crippen LogP contribution in [0.25, 0.3) is 0 Å². The summed E-state index contributed by atoms with van der Waals surface area (Å²) in [7, 11) is 0. The molecule has 0 spiro atoms. The van der Waals surface area contributed by atoms with Crippen LogP contribution >= 0.6 is 0 Å². The first-order valence-corrected chi connectivity index (χ1v) is 8.50. The Kier molecular flexibility index (Phi) is 5.04. The molecule has 1 N–H and O–H groups in total. The van der Waals surface area contributed by atoms with Gasteiger partial charge >= 0.3 is 0 Å². The van der Waals surface area contributed by atoms with E-state index < -0.39 is 0 Å². The Hall–Kier alpha value is -2.49. The van der Waals surface area contributed by atoms with E-state index in [-0.39, 0.29) is 5.91 Å². The SMILES string of the molecule is Cc1ccc(CCC(=O)N2CCN(c3ccccc3O)CC2)cc1. The van der Waals surface area contributed by atoms with E-state index in [1.807, 2.05) is 23.1 Å². The smallest absolute Gasteiger partial charge is 0.223 e. The van der Waals surface area contributed by atoms with Crippen molar-refractivity contribution < 1.29 is 9.90 Å². The first-order valence-electron chi connectivity index (χ1n) is 8.50. The van der Waals surface area contributed by atoms with Crippen LogP contribution in [0.3, 0.4) is 0 Å². The van der Waals surface area contributed by atoms with Crippen molar-refractivity contribution in [3.8, 4) is 5.75 Å². The number of para-hydroxylation sites is 2. The zero-order valence-electron chi connectivity index (χ0n) is 14.1. The molecule has 0 aliphatic carbocycles. The van der Waals surface area contributed by atoms with Crippen LogP contribution in [0.5, 0.6) is 5.75 Å². The number of carbonyl (C=O) groups excluding carboxylic acids is 1. The topological polar surface area (TPSA) is 43.8 Å². The molecule has 2 aromatic rings. The molecule has 4 nitrogen and oxygen atoms in total. The number of aromatic hydroxyl groups is 1. The first-order chi connectivity index (χ1) is 11.6. The van der Waals surface area contributed by atoms with E-state index in [0.29, 0.717) is 25.3 Å². The second-order valence-corrected chi connectivity index (χ2v) is 6.34. The number of piperazine rings is 1. The van der Waals surface area contributed by atoms with E-state index in [0.717, 1.165) is 25.2 Å². The summed E-state index contributed by atoms with van der Waals surface area (Å²) in [6.45, 7) is 5.00. The Bertz CT molecular complexity index is 689. The molecule has 1 fully saturated rings. The Morgan fingerprint density at radius 2 is 1.67 bits per heavy atom. The highest BCUT2D eigenvalue weighted by molar-refractivity contribution is 5.77. The number of rotatable bonds is 4. The lowest BCUT2D eigenvalue weighted by Gasteiger charge is -2.36. The van der Waals surface area contributed by atoms with Crippen molar-refractivity contribution in [2.24, 2.45) is 0 Å². The number of phenols is 1. The third-order valence-corrected chi connectivity index (χ3v) is 4.60. The first kappa shape index (κ1) is 16.4. The molecule has 0 aromatic heterocycles. The van der Waals surface area contributed by atoms with Gasteiger partial charge in [0.2, 0.25) is 5.91 Å². The number of phenolic OH excluding ortho intramolecular Hbond substituents is 1. The van der Waals surface area contributed by atoms with Gasteiger partial charge in [-0.15, -0.1) is 0 Å². The molecule has 2 aromatic carbocycles. The van der Waals surface area contributed by atoms with Gasteiger partial charge in [-0.2, -0.15) is 0 Å². The lowest BCUT2D eigenvalue weighted by Crippen LogP contribution is -2.48. The molecule has 0 saturated carbocycles. The average Bonchev–Trinajstić information content (AvgIpc) is 2.61. The molecule has 4 heteroatoms. The molecule has 1 aliphatic rings. The highest BCUT2D eigenvalue weighted by atomic mass is 16.3. The second kappa shape index (κ2) is 7.39. The van der Waals surface area contributed by atoms with Gasteiger partial charge in [0.15, 0.2) is 0 Å². The number of hydrogen-bond acceptors (Lipinski definition) is 3. The average molecular weight is 324 g/mol. The van der Waals surface area contributed by atoms with Crippen molar-refractivity contribution in [3.63, 3.8) is 0 Å². The quantitative estimate of drug-likeness (QED) is 0.940. The highest BCUT2D eigenvalue weighted by Gasteiger charge is 2.22. The summed E-state index contributed by atoms with van der Waals surface area (Å²) in [4.78, 5) is 16.5. The van der Waals surface area contributed by atoms with E-state index in [1.54, 1.807) is 6.07 Å². The number of nitrogens with zero attached hydrogens (tertiary/aromatic N) is 2. The molecule has 1 amide bonds. The molecule has 1 aliphatic heterocycles. The minimum absolute atomic E-state index is 0.215. The molecule has 1 saturated heterocycles. The Balaban J connectivity index is 1.50. The summed E-state index contributed by atoms with van der Waals surface area (Å²) in [5.74, 6) is 0.518. The predicted octanol–water partition coefficient (Wildman–Crippen LogP) is 2.98. The van der Waals surface area contributed by atoms with Crippen LogP contribution in [0, 0.1) is 6.92 Å². The minimum Gasteiger partial charge on any atom is -0.506 e. The number of anilines is 1. The maximum atomic E-state index is 12.4. The molecule has 0 atom stereocenters. The lowest BCUT2D eigenvalue weighted by molar-refractivity contribution is -0.131. The van der Waals surface area contributed by atoms with Crippen molar-refractivity contribution in [1.82, 2.24) is 4.90 Å². The van der Waals surface area contributed by atoms with Crippen molar-refractivity contribution >= 4 is 11.6 Å². The van der Waals surface area contributed by atoms with Crippen LogP contribution in [0.1, 0.15) is 17.5 Å². The predicted molar refractivity (Wildman–Crippen MR) is 96.4 cm³/mol. The third-order valence-electron chi connectivity index (χ3n) is 4.60. The van der Waals surface area contributed by atoms with E-state index in [1.165, 1.54) is 11.1 Å². The fraction of sp³-hybridized carbons (Fsp3) is 0.350. The zero-order valence-corrected chi connectivity index (χ0v) is 14.1. The van der Waals surface area contributed by atoms with Crippen LogP contribution in [0.15, 0.2) is 48.5 Å². The second-order valence-electron chi connectivity index (χ2n) is 6.34. The number of amides is 1. The summed E-state index contributed by atoms with van der Waals surface area (Å²) in [5, 5.41) is 9.95. The summed E-state index contributed by atoms with van der Waals surface area (Å²) < 4.78 is 0. The molecule has 0 unspecified atom stereocenters. The standard InChI is InChI=1S/C20H24N2O2/c1-16-6-8-17(9-7-16)10-11-20(24)22-14-12-21(13-15-22)18-4-2-3-5-19(18)23/h2-9,23H,10-15H2,1H3. The molecule has 24 heavy (non-hydrogen) atoms. The molecule has 3 rings (SSSR count). The number of benzene rings is 2. The van der Waals surface area contributed by atoms with E-state index in [9.17, 15) is 9.90 Å². The summed E-state index contributed by atoms with van der Waals surface area (Å²) in [5.41, 5.74) is 3.30. The van der Waals surface area contributed by atoms with E-state index in [2.05, 4.69) is 36.1 Å². The van der Waals surface area contributed by atoms with Gasteiger partial charge in [0.05, 0.1) is 5.69 Å². The van der Waals surface area contributed by atoms with Gasteiger partial charge in [-0.1, -0.05) is 42.0 Å². The van der Waals surface area contributed by atoms with Crippen LogP contribution in [0.2, 0.25) is 0 Å². The van der Waals surface area contributed by atoms with Gasteiger partial charge in [0.25, 0.3) is 0 Å². The maximum absolute atomic E-state index is 12.4. The summed E-state index contributed by atoms with van der Waals surface area (Å²) in [6.07, 6.45) is 1.35. The Morgan fingerprint density at radius 3 is 2.33 bits per heavy atom. The number of hydrogen-bond donors (Lipinski definition) is 1. The number of aryl methyl sites for hydroxylation is 2. The summed E-state index contributed by atoms with van der Waals surface area (Å²) in [6, 6.07) is 15.7. The number of carbonyl (C=O) groups is 1. The van der Waals surface area contributed by atoms with Gasteiger partial charge < -0.3 is 14.9 Å². The normalized spacial score (nSPS) is 14.7. The van der Waals surface area contributed by atoms with Gasteiger partial charge in [-0.25, -0.2) is 0 Å². The summed E-state index contributed by atoms with van der Waals surface area (Å²) >= 11 is 0. The van der Waals surface area contributed by atoms with Gasteiger partial charge in [0, 0.05) is 32.6 Å². The van der Waals surface area contributed by atoms with E-state index in [4.69, 9.17) is 0 Å². The van der Waals surface area contributed by atoms with Crippen molar-refractivity contribution in [3.05, 3.63) is 59.7 Å². The van der Waals surface area contributed by atoms with E-state index >= 15 is 0 Å². The Labute approximate surface area is 143 Å². The van der Waals surface area contributed by atoms with Crippen molar-refractivity contribution in [1.29, 1.82) is 0 Å². The van der Waals surface area contributed by atoms with Crippen molar-refractivity contribution in [2.45, 2.75) is 19.8 Å². The molecule has 126 valence electrons. The fourth-order valence-corrected chi connectivity index (χ4v) is 3.09. The van der Waals surface area contributed by atoms with Crippen LogP contribution < -0.4 is 4.90 Å². The highest BCUT2D eigenvalue weighted by Crippen LogP contribution is 2.27. The van der Waals surface area contributed by atoms with Gasteiger partial charge in [-0.05, 0) is 31.0 Å². The molecule has 1 heterocycles. The molecular formula is C20H24N2O2. The largest absolute Gasteiger partial charge is 0.506 e. The Morgan fingerprint density at radius 1 is 1.00 bits per heavy atom. The minimum atomic E-state index is 0.215. The molecular weight excluding hydrogens is 300 g/mol. The fourth-order valence-electron chi connectivity index (χ4n) is 3.09. The van der Waals surface area contributed by atoms with Crippen LogP contribution in [-0.2, 0) is 11.2 Å². The monoisotopic (exact) mass is 324 g/mol. The molecule has 0 radical (unpaired) electrons. The third kappa shape index (κ3) is 3.88. The van der Waals surface area contributed by atoms with Crippen LogP contribution in [0.4, 0.5) is 5.69 Å². The van der Waals surface area contributed by atoms with Gasteiger partial charge in [0.1, 0.15) is 5.75 Å². The van der Waals surface area contributed by atoms with Gasteiger partial charge in [-0.3, -0.25) is 4.79 Å². The van der Waals surface area contributed by atoms with Crippen molar-refractivity contribution in [2.75, 3.05) is 31.1 Å². The zero-order chi connectivity index (χ0) is 16.9.